The molecule has 27 heavy (non-hydrogen) atoms. The summed E-state index contributed by atoms with van der Waals surface area (Å²) in [7, 11) is 0. The Hall–Kier alpha value is -2.68. The van der Waals surface area contributed by atoms with Crippen molar-refractivity contribution in [3.63, 3.8) is 0 Å². The molecule has 9 heteroatoms. The molecule has 0 saturated carbocycles. The molecule has 2 aliphatic rings. The minimum Gasteiger partial charge on any atom is -0.457 e. The number of hydrogen-bond donors (Lipinski definition) is 1. The molecule has 0 unspecified atom stereocenters. The van der Waals surface area contributed by atoms with Crippen LogP contribution in [0.3, 0.4) is 0 Å². The highest BCUT2D eigenvalue weighted by molar-refractivity contribution is 6.07. The SMILES string of the molecule is C=CCOC(=O)C1=C(C(=O)CC)CN2C[C@H](NC(=O)OC(C)(C)C)C(=O)N12. The number of carbonyl (C=O) groups is 4. The van der Waals surface area contributed by atoms with E-state index in [2.05, 4.69) is 11.9 Å². The Kier molecular flexibility index (Phi) is 6.04. The monoisotopic (exact) mass is 379 g/mol. The largest absolute Gasteiger partial charge is 0.457 e. The zero-order chi connectivity index (χ0) is 20.4. The smallest absolute Gasteiger partial charge is 0.408 e. The van der Waals surface area contributed by atoms with Gasteiger partial charge in [0.1, 0.15) is 18.2 Å². The molecular weight excluding hydrogens is 354 g/mol. The molecule has 0 bridgehead atoms. The Bertz CT molecular complexity index is 706. The second-order valence-electron chi connectivity index (χ2n) is 7.19. The Morgan fingerprint density at radius 2 is 2.00 bits per heavy atom. The van der Waals surface area contributed by atoms with Crippen LogP contribution in [0.2, 0.25) is 0 Å². The average molecular weight is 379 g/mol. The van der Waals surface area contributed by atoms with E-state index in [1.54, 1.807) is 27.7 Å². The molecule has 1 N–H and O–H groups in total. The number of hydrazine groups is 1. The van der Waals surface area contributed by atoms with Crippen molar-refractivity contribution >= 4 is 23.8 Å². The van der Waals surface area contributed by atoms with Gasteiger partial charge in [0.25, 0.3) is 5.91 Å². The van der Waals surface area contributed by atoms with Gasteiger partial charge in [-0.25, -0.2) is 19.6 Å². The van der Waals surface area contributed by atoms with Gasteiger partial charge in [-0.3, -0.25) is 9.59 Å². The third-order valence-electron chi connectivity index (χ3n) is 3.90. The van der Waals surface area contributed by atoms with Crippen molar-refractivity contribution in [2.75, 3.05) is 19.7 Å². The summed E-state index contributed by atoms with van der Waals surface area (Å²) in [6.45, 7) is 10.5. The second-order valence-corrected chi connectivity index (χ2v) is 7.19. The van der Waals surface area contributed by atoms with E-state index in [9.17, 15) is 19.2 Å². The average Bonchev–Trinajstić information content (AvgIpc) is 3.07. The van der Waals surface area contributed by atoms with Crippen LogP contribution in [0.1, 0.15) is 34.1 Å². The molecule has 2 rings (SSSR count). The van der Waals surface area contributed by atoms with Crippen molar-refractivity contribution in [2.45, 2.75) is 45.8 Å². The van der Waals surface area contributed by atoms with Gasteiger partial charge in [0, 0.05) is 25.1 Å². The zero-order valence-corrected chi connectivity index (χ0v) is 16.0. The fourth-order valence-corrected chi connectivity index (χ4v) is 2.83. The summed E-state index contributed by atoms with van der Waals surface area (Å²) in [5, 5.41) is 5.17. The quantitative estimate of drug-likeness (QED) is 0.540. The van der Waals surface area contributed by atoms with Crippen molar-refractivity contribution in [3.8, 4) is 0 Å². The number of amides is 2. The summed E-state index contributed by atoms with van der Waals surface area (Å²) in [6, 6.07) is -0.889. The molecule has 0 spiro atoms. The maximum atomic E-state index is 12.8. The number of nitrogens with one attached hydrogen (secondary N) is 1. The van der Waals surface area contributed by atoms with Gasteiger partial charge in [-0.1, -0.05) is 19.6 Å². The van der Waals surface area contributed by atoms with Crippen molar-refractivity contribution in [2.24, 2.45) is 0 Å². The molecule has 0 aliphatic carbocycles. The summed E-state index contributed by atoms with van der Waals surface area (Å²) >= 11 is 0. The topological polar surface area (TPSA) is 105 Å². The van der Waals surface area contributed by atoms with Gasteiger partial charge >= 0.3 is 12.1 Å². The van der Waals surface area contributed by atoms with Gasteiger partial charge in [0.15, 0.2) is 11.5 Å². The Morgan fingerprint density at radius 3 is 2.56 bits per heavy atom. The predicted octanol–water partition coefficient (Wildman–Crippen LogP) is 0.915. The number of Topliss-reactive ketones (excluding diaryl/α,β-unsaturated/α-hetero) is 1. The van der Waals surface area contributed by atoms with Crippen molar-refractivity contribution in [1.82, 2.24) is 15.3 Å². The molecule has 0 radical (unpaired) electrons. The van der Waals surface area contributed by atoms with E-state index in [0.29, 0.717) is 0 Å². The number of fused-ring (bicyclic) bond motifs is 1. The van der Waals surface area contributed by atoms with E-state index < -0.39 is 29.6 Å². The molecule has 0 aromatic heterocycles. The van der Waals surface area contributed by atoms with Crippen LogP contribution in [-0.2, 0) is 23.9 Å². The van der Waals surface area contributed by atoms with Gasteiger partial charge < -0.3 is 14.8 Å². The van der Waals surface area contributed by atoms with E-state index in [1.165, 1.54) is 11.1 Å². The Balaban J connectivity index is 2.22. The van der Waals surface area contributed by atoms with Gasteiger partial charge in [0.2, 0.25) is 0 Å². The number of hydrogen-bond acceptors (Lipinski definition) is 7. The lowest BCUT2D eigenvalue weighted by Gasteiger charge is -2.21. The number of ether oxygens (including phenoxy) is 2. The highest BCUT2D eigenvalue weighted by atomic mass is 16.6. The molecule has 9 nitrogen and oxygen atoms in total. The molecule has 1 fully saturated rings. The minimum absolute atomic E-state index is 0.0441. The first-order valence-electron chi connectivity index (χ1n) is 8.71. The maximum absolute atomic E-state index is 12.8. The van der Waals surface area contributed by atoms with Crippen LogP contribution in [0.5, 0.6) is 0 Å². The third-order valence-corrected chi connectivity index (χ3v) is 3.90. The predicted molar refractivity (Wildman–Crippen MR) is 95.1 cm³/mol. The van der Waals surface area contributed by atoms with Crippen molar-refractivity contribution in [3.05, 3.63) is 23.9 Å². The summed E-state index contributed by atoms with van der Waals surface area (Å²) < 4.78 is 10.2. The van der Waals surface area contributed by atoms with E-state index >= 15 is 0 Å². The lowest BCUT2D eigenvalue weighted by molar-refractivity contribution is -0.146. The molecule has 148 valence electrons. The number of nitrogens with zero attached hydrogens (tertiary/aromatic N) is 2. The lowest BCUT2D eigenvalue weighted by Crippen LogP contribution is -2.45. The fraction of sp³-hybridized carbons (Fsp3) is 0.556. The van der Waals surface area contributed by atoms with Crippen LogP contribution in [0.4, 0.5) is 4.79 Å². The third kappa shape index (κ3) is 4.54. The molecule has 1 atom stereocenters. The lowest BCUT2D eigenvalue weighted by atomic mass is 10.1. The number of carbonyl (C=O) groups excluding carboxylic acids is 4. The van der Waals surface area contributed by atoms with E-state index in [0.717, 1.165) is 5.01 Å². The molecular formula is C18H25N3O6. The first-order chi connectivity index (χ1) is 12.6. The summed E-state index contributed by atoms with van der Waals surface area (Å²) in [5.41, 5.74) is -0.569. The summed E-state index contributed by atoms with van der Waals surface area (Å²) in [5.74, 6) is -1.54. The standard InChI is InChI=1S/C18H25N3O6/c1-6-8-26-16(24)14-11(13(22)7-2)9-20-10-12(15(23)21(14)20)19-17(25)27-18(3,4)5/h6,12H,1,7-10H2,2-5H3,(H,19,25)/t12-/m0/s1. The molecule has 0 aromatic carbocycles. The molecule has 2 amide bonds. The van der Waals surface area contributed by atoms with Gasteiger partial charge in [0.05, 0.1) is 0 Å². The van der Waals surface area contributed by atoms with Gasteiger partial charge in [-0.15, -0.1) is 0 Å². The van der Waals surface area contributed by atoms with Crippen LogP contribution in [0.25, 0.3) is 0 Å². The van der Waals surface area contributed by atoms with Crippen molar-refractivity contribution < 1.29 is 28.7 Å². The first kappa shape index (κ1) is 20.6. The van der Waals surface area contributed by atoms with E-state index in [1.807, 2.05) is 0 Å². The first-order valence-corrected chi connectivity index (χ1v) is 8.71. The van der Waals surface area contributed by atoms with Crippen LogP contribution < -0.4 is 5.32 Å². The molecule has 0 aromatic rings. The normalized spacial score (nSPS) is 19.8. The molecule has 2 heterocycles. The summed E-state index contributed by atoms with van der Waals surface area (Å²) in [6.07, 6.45) is 0.863. The van der Waals surface area contributed by atoms with Crippen LogP contribution in [-0.4, -0.2) is 65.1 Å². The van der Waals surface area contributed by atoms with Crippen LogP contribution in [0.15, 0.2) is 23.9 Å². The molecule has 2 aliphatic heterocycles. The van der Waals surface area contributed by atoms with Gasteiger partial charge in [-0.05, 0) is 20.8 Å². The van der Waals surface area contributed by atoms with Crippen LogP contribution in [0, 0.1) is 0 Å². The highest BCUT2D eigenvalue weighted by Gasteiger charge is 2.49. The van der Waals surface area contributed by atoms with Crippen molar-refractivity contribution in [1.29, 1.82) is 0 Å². The second kappa shape index (κ2) is 7.91. The zero-order valence-electron chi connectivity index (χ0n) is 16.0. The number of ketones is 1. The van der Waals surface area contributed by atoms with Gasteiger partial charge in [-0.2, -0.15) is 0 Å². The number of esters is 1. The van der Waals surface area contributed by atoms with E-state index in [-0.39, 0.29) is 43.2 Å². The highest BCUT2D eigenvalue weighted by Crippen LogP contribution is 2.31. The fourth-order valence-electron chi connectivity index (χ4n) is 2.83. The van der Waals surface area contributed by atoms with E-state index in [4.69, 9.17) is 9.47 Å². The minimum atomic E-state index is -0.889. The van der Waals surface area contributed by atoms with Crippen LogP contribution >= 0.6 is 0 Å². The Labute approximate surface area is 157 Å². The summed E-state index contributed by atoms with van der Waals surface area (Å²) in [4.78, 5) is 49.4. The number of alkyl carbamates (subject to hydrolysis) is 1. The number of rotatable bonds is 6. The maximum Gasteiger partial charge on any atom is 0.408 e. The Morgan fingerprint density at radius 1 is 1.33 bits per heavy atom. The molecule has 1 saturated heterocycles.